The standard InChI is InChI=1S/C12H8N4S2/c13-10-9-8-5-3-4-17-6(5)1-2-7(8)18-11(9)16-12(14)15-10/h1-4H,(H4,13,14,15,16). The van der Waals surface area contributed by atoms with Crippen LogP contribution in [0.15, 0.2) is 23.6 Å². The van der Waals surface area contributed by atoms with Gasteiger partial charge in [0.05, 0.1) is 5.39 Å². The van der Waals surface area contributed by atoms with Crippen molar-refractivity contribution in [3.8, 4) is 0 Å². The van der Waals surface area contributed by atoms with Gasteiger partial charge in [0.25, 0.3) is 0 Å². The molecule has 0 fully saturated rings. The van der Waals surface area contributed by atoms with E-state index in [0.29, 0.717) is 5.82 Å². The van der Waals surface area contributed by atoms with Crippen molar-refractivity contribution in [2.75, 3.05) is 11.5 Å². The number of hydrogen-bond acceptors (Lipinski definition) is 6. The fraction of sp³-hybridized carbons (Fsp3) is 0. The van der Waals surface area contributed by atoms with Gasteiger partial charge in [-0.25, -0.2) is 4.98 Å². The van der Waals surface area contributed by atoms with Crippen molar-refractivity contribution in [1.82, 2.24) is 9.97 Å². The molecule has 6 heteroatoms. The van der Waals surface area contributed by atoms with Crippen LogP contribution in [0, 0.1) is 0 Å². The third kappa shape index (κ3) is 1.19. The first-order valence-corrected chi connectivity index (χ1v) is 7.05. The molecule has 0 bridgehead atoms. The van der Waals surface area contributed by atoms with E-state index in [2.05, 4.69) is 33.5 Å². The van der Waals surface area contributed by atoms with Crippen molar-refractivity contribution in [2.45, 2.75) is 0 Å². The Hall–Kier alpha value is -1.92. The first-order valence-electron chi connectivity index (χ1n) is 5.35. The van der Waals surface area contributed by atoms with Gasteiger partial charge >= 0.3 is 0 Å². The molecular formula is C12H8N4S2. The van der Waals surface area contributed by atoms with E-state index in [0.717, 1.165) is 15.6 Å². The van der Waals surface area contributed by atoms with E-state index in [1.807, 2.05) is 0 Å². The highest BCUT2D eigenvalue weighted by molar-refractivity contribution is 7.26. The minimum Gasteiger partial charge on any atom is -0.383 e. The summed E-state index contributed by atoms with van der Waals surface area (Å²) in [6.45, 7) is 0. The molecule has 0 aliphatic rings. The molecule has 18 heavy (non-hydrogen) atoms. The molecule has 88 valence electrons. The molecule has 0 radical (unpaired) electrons. The van der Waals surface area contributed by atoms with Crippen molar-refractivity contribution in [1.29, 1.82) is 0 Å². The molecule has 0 aliphatic carbocycles. The highest BCUT2D eigenvalue weighted by Gasteiger charge is 2.14. The average molecular weight is 272 g/mol. The number of nitrogen functional groups attached to an aromatic ring is 2. The van der Waals surface area contributed by atoms with Crippen LogP contribution >= 0.6 is 22.7 Å². The van der Waals surface area contributed by atoms with Crippen molar-refractivity contribution in [3.05, 3.63) is 23.6 Å². The highest BCUT2D eigenvalue weighted by atomic mass is 32.1. The van der Waals surface area contributed by atoms with Crippen LogP contribution in [0.4, 0.5) is 11.8 Å². The zero-order valence-electron chi connectivity index (χ0n) is 9.18. The molecule has 3 aromatic heterocycles. The summed E-state index contributed by atoms with van der Waals surface area (Å²) in [5.74, 6) is 0.690. The van der Waals surface area contributed by atoms with E-state index >= 15 is 0 Å². The molecule has 0 unspecified atom stereocenters. The lowest BCUT2D eigenvalue weighted by Crippen LogP contribution is -1.98. The van der Waals surface area contributed by atoms with Gasteiger partial charge in [-0.3, -0.25) is 0 Å². The number of nitrogens with zero attached hydrogens (tertiary/aromatic N) is 2. The number of nitrogens with two attached hydrogens (primary N) is 2. The molecule has 4 aromatic rings. The molecule has 4 N–H and O–H groups in total. The third-order valence-electron chi connectivity index (χ3n) is 2.97. The summed E-state index contributed by atoms with van der Waals surface area (Å²) >= 11 is 3.32. The summed E-state index contributed by atoms with van der Waals surface area (Å²) in [5.41, 5.74) is 11.7. The summed E-state index contributed by atoms with van der Waals surface area (Å²) in [7, 11) is 0. The second-order valence-electron chi connectivity index (χ2n) is 4.02. The van der Waals surface area contributed by atoms with Crippen molar-refractivity contribution < 1.29 is 0 Å². The van der Waals surface area contributed by atoms with Crippen LogP contribution in [0.2, 0.25) is 0 Å². The number of benzene rings is 1. The number of rotatable bonds is 0. The quantitative estimate of drug-likeness (QED) is 0.515. The van der Waals surface area contributed by atoms with Gasteiger partial charge in [-0.15, -0.1) is 22.7 Å². The number of anilines is 2. The van der Waals surface area contributed by atoms with Gasteiger partial charge in [0.2, 0.25) is 5.95 Å². The second-order valence-corrected chi connectivity index (χ2v) is 6.00. The van der Waals surface area contributed by atoms with Crippen LogP contribution in [-0.4, -0.2) is 9.97 Å². The molecule has 0 amide bonds. The van der Waals surface area contributed by atoms with Crippen LogP contribution in [0.1, 0.15) is 0 Å². The predicted octanol–water partition coefficient (Wildman–Crippen LogP) is 3.22. The largest absolute Gasteiger partial charge is 0.383 e. The second kappa shape index (κ2) is 3.30. The predicted molar refractivity (Wildman–Crippen MR) is 79.1 cm³/mol. The Balaban J connectivity index is 2.38. The fourth-order valence-electron chi connectivity index (χ4n) is 2.25. The van der Waals surface area contributed by atoms with Crippen LogP contribution in [0.25, 0.3) is 30.4 Å². The number of hydrogen-bond donors (Lipinski definition) is 2. The molecule has 4 rings (SSSR count). The molecule has 1 aromatic carbocycles. The van der Waals surface area contributed by atoms with Gasteiger partial charge in [-0.2, -0.15) is 4.98 Å². The summed E-state index contributed by atoms with van der Waals surface area (Å²) < 4.78 is 2.42. The maximum Gasteiger partial charge on any atom is 0.223 e. The fourth-order valence-corrected chi connectivity index (χ4v) is 4.15. The van der Waals surface area contributed by atoms with E-state index in [1.54, 1.807) is 22.7 Å². The lowest BCUT2D eigenvalue weighted by Gasteiger charge is -1.98. The Labute approximate surface area is 110 Å². The molecule has 4 nitrogen and oxygen atoms in total. The lowest BCUT2D eigenvalue weighted by atomic mass is 10.1. The smallest absolute Gasteiger partial charge is 0.223 e. The molecule has 0 saturated heterocycles. The molecular weight excluding hydrogens is 264 g/mol. The topological polar surface area (TPSA) is 77.8 Å². The van der Waals surface area contributed by atoms with Crippen molar-refractivity contribution >= 4 is 64.8 Å². The number of fused-ring (bicyclic) bond motifs is 5. The highest BCUT2D eigenvalue weighted by Crippen LogP contribution is 2.41. The SMILES string of the molecule is Nc1nc(N)c2c(n1)sc1ccc3sccc3c12. The normalized spacial score (nSPS) is 11.8. The van der Waals surface area contributed by atoms with Crippen LogP contribution in [0.3, 0.4) is 0 Å². The third-order valence-corrected chi connectivity index (χ3v) is 4.91. The van der Waals surface area contributed by atoms with E-state index in [4.69, 9.17) is 11.5 Å². The van der Waals surface area contributed by atoms with E-state index in [9.17, 15) is 0 Å². The number of thiophene rings is 2. The molecule has 0 atom stereocenters. The van der Waals surface area contributed by atoms with Crippen LogP contribution in [0.5, 0.6) is 0 Å². The zero-order chi connectivity index (χ0) is 12.3. The van der Waals surface area contributed by atoms with Gasteiger partial charge in [-0.1, -0.05) is 0 Å². The van der Waals surface area contributed by atoms with Gasteiger partial charge in [0.15, 0.2) is 0 Å². The Morgan fingerprint density at radius 3 is 2.67 bits per heavy atom. The average Bonchev–Trinajstić information content (AvgIpc) is 2.89. The molecule has 0 aliphatic heterocycles. The summed E-state index contributed by atoms with van der Waals surface area (Å²) in [6, 6.07) is 6.35. The minimum atomic E-state index is 0.230. The van der Waals surface area contributed by atoms with Gasteiger partial charge in [0.1, 0.15) is 10.6 Å². The number of aromatic nitrogens is 2. The molecule has 0 saturated carbocycles. The Bertz CT molecular complexity index is 907. The monoisotopic (exact) mass is 272 g/mol. The summed E-state index contributed by atoms with van der Waals surface area (Å²) in [6.07, 6.45) is 0. The lowest BCUT2D eigenvalue weighted by molar-refractivity contribution is 1.26. The van der Waals surface area contributed by atoms with E-state index < -0.39 is 0 Å². The molecule has 3 heterocycles. The zero-order valence-corrected chi connectivity index (χ0v) is 10.8. The van der Waals surface area contributed by atoms with E-state index in [-0.39, 0.29) is 5.95 Å². The Kier molecular flexibility index (Phi) is 1.84. The Morgan fingerprint density at radius 2 is 1.78 bits per heavy atom. The maximum absolute atomic E-state index is 6.01. The first-order chi connectivity index (χ1) is 8.74. The van der Waals surface area contributed by atoms with Crippen molar-refractivity contribution in [3.63, 3.8) is 0 Å². The summed E-state index contributed by atoms with van der Waals surface area (Å²) in [4.78, 5) is 9.20. The summed E-state index contributed by atoms with van der Waals surface area (Å²) in [5, 5.41) is 5.37. The van der Waals surface area contributed by atoms with Gasteiger partial charge in [-0.05, 0) is 23.6 Å². The van der Waals surface area contributed by atoms with Crippen LogP contribution < -0.4 is 11.5 Å². The minimum absolute atomic E-state index is 0.230. The Morgan fingerprint density at radius 1 is 0.944 bits per heavy atom. The maximum atomic E-state index is 6.01. The van der Waals surface area contributed by atoms with Crippen molar-refractivity contribution in [2.24, 2.45) is 0 Å². The van der Waals surface area contributed by atoms with E-state index in [1.165, 1.54) is 14.8 Å². The molecule has 0 spiro atoms. The first kappa shape index (κ1) is 10.0. The van der Waals surface area contributed by atoms with Crippen LogP contribution in [-0.2, 0) is 0 Å². The van der Waals surface area contributed by atoms with Gasteiger partial charge < -0.3 is 11.5 Å². The van der Waals surface area contributed by atoms with Gasteiger partial charge in [0, 0.05) is 20.2 Å².